The Bertz CT molecular complexity index is 1330. The van der Waals surface area contributed by atoms with Crippen LogP contribution in [0.3, 0.4) is 0 Å². The van der Waals surface area contributed by atoms with E-state index in [1.807, 2.05) is 30.3 Å². The molecular formula is C23H18ClN3O3S. The summed E-state index contributed by atoms with van der Waals surface area (Å²) < 4.78 is 7.41. The molecule has 0 N–H and O–H groups in total. The van der Waals surface area contributed by atoms with Crippen LogP contribution in [0.1, 0.15) is 5.56 Å². The number of morpholine rings is 1. The minimum atomic E-state index is -0.402. The molecule has 1 amide bonds. The molecule has 0 spiro atoms. The summed E-state index contributed by atoms with van der Waals surface area (Å²) in [5.74, 6) is -0.402. The zero-order valence-corrected chi connectivity index (χ0v) is 18.0. The first-order valence-electron chi connectivity index (χ1n) is 9.65. The number of nitriles is 1. The molecule has 8 heteroatoms. The maximum atomic E-state index is 13.4. The highest BCUT2D eigenvalue weighted by Gasteiger charge is 2.23. The second-order valence-corrected chi connectivity index (χ2v) is 8.24. The number of rotatable bonds is 3. The van der Waals surface area contributed by atoms with Crippen molar-refractivity contribution in [2.75, 3.05) is 26.3 Å². The van der Waals surface area contributed by atoms with Gasteiger partial charge in [0.15, 0.2) is 5.57 Å². The van der Waals surface area contributed by atoms with Crippen molar-refractivity contribution in [3.05, 3.63) is 84.7 Å². The highest BCUT2D eigenvalue weighted by atomic mass is 35.5. The van der Waals surface area contributed by atoms with Gasteiger partial charge in [-0.1, -0.05) is 48.0 Å². The molecule has 2 aromatic carbocycles. The number of aromatic nitrogens is 1. The predicted octanol–water partition coefficient (Wildman–Crippen LogP) is 1.91. The molecule has 6 nitrogen and oxygen atoms in total. The standard InChI is InChI=1S/C23H18ClN3O3S/c24-19-9-5-4-6-16(19)14-20-22(29)27(17-7-2-1-3-8-17)23(31-20)18(15-25)21(28)26-10-12-30-13-11-26/h1-9,14H,10-13H2. The molecule has 1 aliphatic heterocycles. The van der Waals surface area contributed by atoms with Crippen molar-refractivity contribution in [3.8, 4) is 11.8 Å². The van der Waals surface area contributed by atoms with Gasteiger partial charge in [0.05, 0.1) is 23.4 Å². The Morgan fingerprint density at radius 3 is 2.45 bits per heavy atom. The van der Waals surface area contributed by atoms with E-state index in [-0.39, 0.29) is 11.1 Å². The van der Waals surface area contributed by atoms with Gasteiger partial charge in [-0.15, -0.1) is 11.3 Å². The van der Waals surface area contributed by atoms with Crippen LogP contribution >= 0.6 is 22.9 Å². The summed E-state index contributed by atoms with van der Waals surface area (Å²) >= 11 is 7.37. The maximum absolute atomic E-state index is 13.4. The third-order valence-corrected chi connectivity index (χ3v) is 6.30. The van der Waals surface area contributed by atoms with E-state index in [2.05, 4.69) is 0 Å². The number of hydrogen-bond donors (Lipinski definition) is 0. The van der Waals surface area contributed by atoms with Gasteiger partial charge in [0.1, 0.15) is 10.7 Å². The fourth-order valence-corrected chi connectivity index (χ4v) is 4.58. The second kappa shape index (κ2) is 9.31. The third kappa shape index (κ3) is 4.32. The van der Waals surface area contributed by atoms with Crippen LogP contribution in [-0.2, 0) is 9.53 Å². The van der Waals surface area contributed by atoms with Gasteiger partial charge in [-0.2, -0.15) is 5.26 Å². The summed E-state index contributed by atoms with van der Waals surface area (Å²) in [6.07, 6.45) is 1.69. The molecule has 4 rings (SSSR count). The Balaban J connectivity index is 2.00. The Morgan fingerprint density at radius 1 is 1.10 bits per heavy atom. The Morgan fingerprint density at radius 2 is 1.77 bits per heavy atom. The number of amides is 1. The van der Waals surface area contributed by atoms with Gasteiger partial charge in [-0.25, -0.2) is 0 Å². The van der Waals surface area contributed by atoms with Gasteiger partial charge in [-0.05, 0) is 29.8 Å². The molecule has 0 radical (unpaired) electrons. The summed E-state index contributed by atoms with van der Waals surface area (Å²) in [6, 6.07) is 18.2. The number of nitrogens with zero attached hydrogens (tertiary/aromatic N) is 3. The van der Waals surface area contributed by atoms with Crippen LogP contribution in [0.15, 0.2) is 59.4 Å². The first-order valence-corrected chi connectivity index (χ1v) is 10.8. The molecule has 0 unspecified atom stereocenters. The first kappa shape index (κ1) is 21.1. The van der Waals surface area contributed by atoms with Crippen LogP contribution in [0.2, 0.25) is 5.02 Å². The second-order valence-electron chi connectivity index (χ2n) is 6.80. The van der Waals surface area contributed by atoms with E-state index >= 15 is 0 Å². The molecule has 31 heavy (non-hydrogen) atoms. The number of thiazole rings is 1. The smallest absolute Gasteiger partial charge is 0.273 e. The van der Waals surface area contributed by atoms with Gasteiger partial charge in [0.25, 0.3) is 11.5 Å². The van der Waals surface area contributed by atoms with Crippen molar-refractivity contribution in [3.63, 3.8) is 0 Å². The van der Waals surface area contributed by atoms with Crippen molar-refractivity contribution < 1.29 is 9.53 Å². The fourth-order valence-electron chi connectivity index (χ4n) is 3.31. The van der Waals surface area contributed by atoms with Crippen LogP contribution in [-0.4, -0.2) is 41.7 Å². The normalized spacial score (nSPS) is 15.5. The molecule has 0 atom stereocenters. The molecule has 1 aliphatic rings. The summed E-state index contributed by atoms with van der Waals surface area (Å²) in [7, 11) is 0. The number of halogens is 1. The van der Waals surface area contributed by atoms with E-state index < -0.39 is 5.91 Å². The van der Waals surface area contributed by atoms with Crippen molar-refractivity contribution in [2.45, 2.75) is 0 Å². The van der Waals surface area contributed by atoms with Crippen molar-refractivity contribution >= 4 is 40.5 Å². The number of ether oxygens (including phenoxy) is 1. The topological polar surface area (TPSA) is 75.3 Å². The van der Waals surface area contributed by atoms with E-state index in [9.17, 15) is 14.9 Å². The van der Waals surface area contributed by atoms with E-state index in [1.54, 1.807) is 41.3 Å². The average molecular weight is 452 g/mol. The van der Waals surface area contributed by atoms with Gasteiger partial charge in [-0.3, -0.25) is 14.2 Å². The lowest BCUT2D eigenvalue weighted by atomic mass is 10.2. The fraction of sp³-hybridized carbons (Fsp3) is 0.174. The third-order valence-electron chi connectivity index (χ3n) is 4.87. The predicted molar refractivity (Wildman–Crippen MR) is 121 cm³/mol. The van der Waals surface area contributed by atoms with Crippen LogP contribution in [0.5, 0.6) is 0 Å². The van der Waals surface area contributed by atoms with Crippen molar-refractivity contribution in [1.82, 2.24) is 9.47 Å². The monoisotopic (exact) mass is 451 g/mol. The Labute approximate surface area is 187 Å². The zero-order valence-electron chi connectivity index (χ0n) is 16.5. The van der Waals surface area contributed by atoms with E-state index in [4.69, 9.17) is 16.3 Å². The van der Waals surface area contributed by atoms with E-state index in [0.29, 0.717) is 51.8 Å². The number of benzene rings is 2. The average Bonchev–Trinajstić information content (AvgIpc) is 3.12. The van der Waals surface area contributed by atoms with Gasteiger partial charge in [0, 0.05) is 18.1 Å². The highest BCUT2D eigenvalue weighted by molar-refractivity contribution is 7.07. The molecule has 3 aromatic rings. The molecule has 2 heterocycles. The van der Waals surface area contributed by atoms with Crippen LogP contribution in [0.4, 0.5) is 0 Å². The molecule has 1 fully saturated rings. The number of carbonyl (C=O) groups is 1. The largest absolute Gasteiger partial charge is 0.378 e. The van der Waals surface area contributed by atoms with E-state index in [1.165, 1.54) is 4.57 Å². The summed E-state index contributed by atoms with van der Waals surface area (Å²) in [6.45, 7) is 1.66. The van der Waals surface area contributed by atoms with Gasteiger partial charge in [0.2, 0.25) is 0 Å². The first-order chi connectivity index (χ1) is 15.1. The molecule has 1 aromatic heterocycles. The molecular weight excluding hydrogens is 434 g/mol. The lowest BCUT2D eigenvalue weighted by molar-refractivity contribution is -0.128. The number of carbonyl (C=O) groups excluding carboxylic acids is 1. The SMILES string of the molecule is N#CC(C(=O)N1CCOCC1)=c1sc(=Cc2ccccc2Cl)c(=O)n1-c1ccccc1. The van der Waals surface area contributed by atoms with Crippen LogP contribution < -0.4 is 14.8 Å². The number of hydrogen-bond acceptors (Lipinski definition) is 5. The minimum Gasteiger partial charge on any atom is -0.378 e. The lowest BCUT2D eigenvalue weighted by Gasteiger charge is -2.26. The van der Waals surface area contributed by atoms with Crippen LogP contribution in [0, 0.1) is 11.3 Å². The highest BCUT2D eigenvalue weighted by Crippen LogP contribution is 2.15. The molecule has 0 saturated carbocycles. The van der Waals surface area contributed by atoms with E-state index in [0.717, 1.165) is 11.3 Å². The summed E-state index contributed by atoms with van der Waals surface area (Å²) in [5.41, 5.74) is 0.896. The minimum absolute atomic E-state index is 0.0633. The van der Waals surface area contributed by atoms with Crippen molar-refractivity contribution in [1.29, 1.82) is 5.26 Å². The lowest BCUT2D eigenvalue weighted by Crippen LogP contribution is -2.42. The Kier molecular flexibility index (Phi) is 6.33. The Hall–Kier alpha value is -3.18. The molecule has 1 saturated heterocycles. The number of para-hydroxylation sites is 1. The van der Waals surface area contributed by atoms with Crippen molar-refractivity contribution in [2.24, 2.45) is 0 Å². The van der Waals surface area contributed by atoms with Gasteiger partial charge < -0.3 is 9.64 Å². The van der Waals surface area contributed by atoms with Gasteiger partial charge >= 0.3 is 0 Å². The molecule has 0 bridgehead atoms. The quantitative estimate of drug-likeness (QED) is 0.609. The van der Waals surface area contributed by atoms with Crippen LogP contribution in [0.25, 0.3) is 17.3 Å². The molecule has 0 aliphatic carbocycles. The summed E-state index contributed by atoms with van der Waals surface area (Å²) in [4.78, 5) is 28.1. The zero-order chi connectivity index (χ0) is 21.8. The summed E-state index contributed by atoms with van der Waals surface area (Å²) in [5, 5.41) is 10.4. The molecule has 156 valence electrons. The maximum Gasteiger partial charge on any atom is 0.273 e.